The van der Waals surface area contributed by atoms with Gasteiger partial charge in [0.2, 0.25) is 0 Å². The first-order valence-electron chi connectivity index (χ1n) is 6.66. The lowest BCUT2D eigenvalue weighted by Gasteiger charge is -2.28. The van der Waals surface area contributed by atoms with Gasteiger partial charge in [0.15, 0.2) is 0 Å². The molecular weight excluding hydrogens is 292 g/mol. The molecule has 1 amide bonds. The van der Waals surface area contributed by atoms with Gasteiger partial charge in [0, 0.05) is 25.8 Å². The van der Waals surface area contributed by atoms with Crippen LogP contribution in [0.1, 0.15) is 36.3 Å². The standard InChI is InChI=1S/C15H19ClN2OS/c1-4-11(2)18(8-12-5-6-20-10-12)15(19)14-7-13(16)9-17(14)3/h5-7,9-11H,4,8H2,1-3H3/t11-/m0/s1. The van der Waals surface area contributed by atoms with Crippen molar-refractivity contribution in [1.82, 2.24) is 9.47 Å². The predicted molar refractivity (Wildman–Crippen MR) is 84.4 cm³/mol. The highest BCUT2D eigenvalue weighted by Gasteiger charge is 2.23. The Morgan fingerprint density at radius 1 is 1.55 bits per heavy atom. The minimum Gasteiger partial charge on any atom is -0.345 e. The van der Waals surface area contributed by atoms with Crippen LogP contribution in [-0.4, -0.2) is 21.4 Å². The smallest absolute Gasteiger partial charge is 0.271 e. The van der Waals surface area contributed by atoms with Crippen LogP contribution in [0.3, 0.4) is 0 Å². The Morgan fingerprint density at radius 2 is 2.30 bits per heavy atom. The van der Waals surface area contributed by atoms with Crippen molar-refractivity contribution in [3.05, 3.63) is 45.4 Å². The van der Waals surface area contributed by atoms with Crippen LogP contribution in [0.5, 0.6) is 0 Å². The number of rotatable bonds is 5. The van der Waals surface area contributed by atoms with Crippen molar-refractivity contribution in [2.75, 3.05) is 0 Å². The zero-order valence-corrected chi connectivity index (χ0v) is 13.5. The van der Waals surface area contributed by atoms with Gasteiger partial charge in [-0.2, -0.15) is 11.3 Å². The van der Waals surface area contributed by atoms with E-state index in [1.165, 1.54) is 5.56 Å². The van der Waals surface area contributed by atoms with E-state index < -0.39 is 0 Å². The second-order valence-electron chi connectivity index (χ2n) is 4.98. The summed E-state index contributed by atoms with van der Waals surface area (Å²) in [6, 6.07) is 3.98. The Balaban J connectivity index is 2.26. The third kappa shape index (κ3) is 3.25. The van der Waals surface area contributed by atoms with Gasteiger partial charge in [-0.15, -0.1) is 0 Å². The van der Waals surface area contributed by atoms with E-state index in [2.05, 4.69) is 25.3 Å². The van der Waals surface area contributed by atoms with Crippen LogP contribution in [0.25, 0.3) is 0 Å². The number of carbonyl (C=O) groups excluding carboxylic acids is 1. The molecule has 0 saturated heterocycles. The van der Waals surface area contributed by atoms with Crippen LogP contribution in [-0.2, 0) is 13.6 Å². The summed E-state index contributed by atoms with van der Waals surface area (Å²) < 4.78 is 1.79. The van der Waals surface area contributed by atoms with Gasteiger partial charge in [-0.1, -0.05) is 18.5 Å². The van der Waals surface area contributed by atoms with E-state index in [0.29, 0.717) is 17.3 Å². The van der Waals surface area contributed by atoms with Gasteiger partial charge in [-0.25, -0.2) is 0 Å². The average Bonchev–Trinajstić information content (AvgIpc) is 3.04. The topological polar surface area (TPSA) is 25.2 Å². The van der Waals surface area contributed by atoms with Crippen molar-refractivity contribution < 1.29 is 4.79 Å². The molecule has 2 aromatic heterocycles. The average molecular weight is 311 g/mol. The Bertz CT molecular complexity index is 577. The van der Waals surface area contributed by atoms with Gasteiger partial charge in [-0.3, -0.25) is 4.79 Å². The highest BCUT2D eigenvalue weighted by Crippen LogP contribution is 2.19. The number of aromatic nitrogens is 1. The number of amides is 1. The number of nitrogens with zero attached hydrogens (tertiary/aromatic N) is 2. The molecule has 0 N–H and O–H groups in total. The van der Waals surface area contributed by atoms with Crippen LogP contribution in [0, 0.1) is 0 Å². The van der Waals surface area contributed by atoms with Crippen LogP contribution >= 0.6 is 22.9 Å². The van der Waals surface area contributed by atoms with Gasteiger partial charge < -0.3 is 9.47 Å². The number of thiophene rings is 1. The van der Waals surface area contributed by atoms with Crippen LogP contribution in [0.15, 0.2) is 29.1 Å². The fourth-order valence-corrected chi connectivity index (χ4v) is 3.02. The van der Waals surface area contributed by atoms with Crippen molar-refractivity contribution in [3.63, 3.8) is 0 Å². The summed E-state index contributed by atoms with van der Waals surface area (Å²) in [5.41, 5.74) is 1.80. The first-order chi connectivity index (χ1) is 9.52. The molecule has 0 aliphatic heterocycles. The van der Waals surface area contributed by atoms with Crippen molar-refractivity contribution in [2.24, 2.45) is 7.05 Å². The summed E-state index contributed by atoms with van der Waals surface area (Å²) in [6.45, 7) is 4.81. The zero-order valence-electron chi connectivity index (χ0n) is 12.0. The van der Waals surface area contributed by atoms with Crippen molar-refractivity contribution in [1.29, 1.82) is 0 Å². The highest BCUT2D eigenvalue weighted by atomic mass is 35.5. The Labute approximate surface area is 128 Å². The molecule has 0 spiro atoms. The molecule has 5 heteroatoms. The van der Waals surface area contributed by atoms with Gasteiger partial charge in [-0.05, 0) is 41.8 Å². The molecule has 0 fully saturated rings. The fraction of sp³-hybridized carbons (Fsp3) is 0.400. The molecule has 0 aliphatic carbocycles. The second kappa shape index (κ2) is 6.46. The summed E-state index contributed by atoms with van der Waals surface area (Å²) in [7, 11) is 1.85. The van der Waals surface area contributed by atoms with Crippen molar-refractivity contribution in [2.45, 2.75) is 32.9 Å². The maximum Gasteiger partial charge on any atom is 0.271 e. The molecule has 0 aromatic carbocycles. The lowest BCUT2D eigenvalue weighted by Crippen LogP contribution is -2.38. The van der Waals surface area contributed by atoms with E-state index >= 15 is 0 Å². The number of aryl methyl sites for hydroxylation is 1. The predicted octanol–water partition coefficient (Wildman–Crippen LogP) is 4.18. The third-order valence-corrected chi connectivity index (χ3v) is 4.45. The quantitative estimate of drug-likeness (QED) is 0.813. The summed E-state index contributed by atoms with van der Waals surface area (Å²) in [6.07, 6.45) is 2.68. The molecule has 0 radical (unpaired) electrons. The van der Waals surface area contributed by atoms with E-state index in [0.717, 1.165) is 6.42 Å². The van der Waals surface area contributed by atoms with Crippen molar-refractivity contribution in [3.8, 4) is 0 Å². The van der Waals surface area contributed by atoms with Gasteiger partial charge in [0.1, 0.15) is 5.69 Å². The maximum absolute atomic E-state index is 12.8. The minimum atomic E-state index is 0.0277. The molecule has 3 nitrogen and oxygen atoms in total. The largest absolute Gasteiger partial charge is 0.345 e. The summed E-state index contributed by atoms with van der Waals surface area (Å²) in [5, 5.41) is 4.71. The van der Waals surface area contributed by atoms with Crippen LogP contribution in [0.4, 0.5) is 0 Å². The van der Waals surface area contributed by atoms with E-state index in [1.54, 1.807) is 28.2 Å². The van der Waals surface area contributed by atoms with Gasteiger partial charge in [0.25, 0.3) is 5.91 Å². The second-order valence-corrected chi connectivity index (χ2v) is 6.19. The van der Waals surface area contributed by atoms with E-state index in [-0.39, 0.29) is 11.9 Å². The minimum absolute atomic E-state index is 0.0277. The molecule has 0 unspecified atom stereocenters. The molecule has 2 rings (SSSR count). The molecule has 108 valence electrons. The number of hydrogen-bond acceptors (Lipinski definition) is 2. The summed E-state index contributed by atoms with van der Waals surface area (Å²) in [5.74, 6) is 0.0277. The molecule has 1 atom stereocenters. The molecular formula is C15H19ClN2OS. The Kier molecular flexibility index (Phi) is 4.89. The maximum atomic E-state index is 12.8. The summed E-state index contributed by atoms with van der Waals surface area (Å²) >= 11 is 7.63. The normalized spacial score (nSPS) is 12.4. The first kappa shape index (κ1) is 15.1. The Hall–Kier alpha value is -1.26. The number of carbonyl (C=O) groups is 1. The molecule has 0 bridgehead atoms. The van der Waals surface area contributed by atoms with Gasteiger partial charge >= 0.3 is 0 Å². The van der Waals surface area contributed by atoms with E-state index in [9.17, 15) is 4.79 Å². The monoisotopic (exact) mass is 310 g/mol. The van der Waals surface area contributed by atoms with E-state index in [4.69, 9.17) is 11.6 Å². The van der Waals surface area contributed by atoms with Crippen LogP contribution < -0.4 is 0 Å². The molecule has 2 aromatic rings. The zero-order chi connectivity index (χ0) is 14.7. The van der Waals surface area contributed by atoms with E-state index in [1.807, 2.05) is 17.3 Å². The SMILES string of the molecule is CC[C@H](C)N(Cc1ccsc1)C(=O)c1cc(Cl)cn1C. The van der Waals surface area contributed by atoms with Gasteiger partial charge in [0.05, 0.1) is 5.02 Å². The third-order valence-electron chi connectivity index (χ3n) is 3.51. The summed E-state index contributed by atoms with van der Waals surface area (Å²) in [4.78, 5) is 14.7. The van der Waals surface area contributed by atoms with Crippen molar-refractivity contribution >= 4 is 28.8 Å². The lowest BCUT2D eigenvalue weighted by molar-refractivity contribution is 0.0662. The lowest BCUT2D eigenvalue weighted by atomic mass is 10.1. The number of halogens is 1. The fourth-order valence-electron chi connectivity index (χ4n) is 2.11. The molecule has 20 heavy (non-hydrogen) atoms. The molecule has 0 saturated carbocycles. The Morgan fingerprint density at radius 3 is 2.80 bits per heavy atom. The molecule has 2 heterocycles. The first-order valence-corrected chi connectivity index (χ1v) is 7.99. The molecule has 0 aliphatic rings. The van der Waals surface area contributed by atoms with Crippen LogP contribution in [0.2, 0.25) is 5.02 Å². The number of hydrogen-bond donors (Lipinski definition) is 0. The highest BCUT2D eigenvalue weighted by molar-refractivity contribution is 7.07.